The molecule has 1 saturated heterocycles. The minimum atomic E-state index is -2.87. The van der Waals surface area contributed by atoms with Crippen molar-refractivity contribution in [3.63, 3.8) is 0 Å². The van der Waals surface area contributed by atoms with E-state index >= 15 is 0 Å². The predicted molar refractivity (Wildman–Crippen MR) is 55.1 cm³/mol. The molecule has 1 atom stereocenters. The van der Waals surface area contributed by atoms with E-state index in [9.17, 15) is 8.42 Å². The average Bonchev–Trinajstić information content (AvgIpc) is 2.69. The van der Waals surface area contributed by atoms with Crippen LogP contribution in [0.3, 0.4) is 0 Å². The minimum absolute atomic E-state index is 0.00139. The predicted octanol–water partition coefficient (Wildman–Crippen LogP) is -0.185. The first-order valence-electron chi connectivity index (χ1n) is 4.86. The largest absolute Gasteiger partial charge is 0.390 e. The van der Waals surface area contributed by atoms with Gasteiger partial charge in [-0.2, -0.15) is 5.10 Å². The van der Waals surface area contributed by atoms with Gasteiger partial charge in [0.15, 0.2) is 9.84 Å². The molecule has 2 heterocycles. The van der Waals surface area contributed by atoms with E-state index in [1.807, 2.05) is 0 Å². The Balaban J connectivity index is 2.24. The highest BCUT2D eigenvalue weighted by molar-refractivity contribution is 7.91. The van der Waals surface area contributed by atoms with Crippen LogP contribution < -0.4 is 0 Å². The van der Waals surface area contributed by atoms with Crippen LogP contribution in [0.5, 0.6) is 0 Å². The van der Waals surface area contributed by atoms with Crippen LogP contribution in [0.1, 0.15) is 23.7 Å². The highest BCUT2D eigenvalue weighted by atomic mass is 32.2. The highest BCUT2D eigenvalue weighted by Crippen LogP contribution is 2.28. The third-order valence-electron chi connectivity index (χ3n) is 2.81. The molecule has 1 N–H and O–H groups in total. The van der Waals surface area contributed by atoms with Crippen molar-refractivity contribution in [3.8, 4) is 0 Å². The van der Waals surface area contributed by atoms with Crippen LogP contribution in [0, 0.1) is 0 Å². The van der Waals surface area contributed by atoms with E-state index in [1.165, 1.54) is 0 Å². The lowest BCUT2D eigenvalue weighted by atomic mass is 10.1. The SMILES string of the molecule is Cn1nc(C2CCS(=O)(=O)C2)cc1CO. The molecule has 1 aromatic rings. The Kier molecular flexibility index (Phi) is 2.56. The number of aromatic nitrogens is 2. The lowest BCUT2D eigenvalue weighted by Crippen LogP contribution is -2.04. The Morgan fingerprint density at radius 1 is 1.67 bits per heavy atom. The average molecular weight is 230 g/mol. The fourth-order valence-electron chi connectivity index (χ4n) is 1.91. The molecule has 0 spiro atoms. The number of aryl methyl sites for hydroxylation is 1. The number of aliphatic hydroxyl groups excluding tert-OH is 1. The molecule has 84 valence electrons. The number of rotatable bonds is 2. The molecule has 2 rings (SSSR count). The second kappa shape index (κ2) is 3.61. The zero-order chi connectivity index (χ0) is 11.1. The summed E-state index contributed by atoms with van der Waals surface area (Å²) in [6.07, 6.45) is 0.643. The van der Waals surface area contributed by atoms with Gasteiger partial charge in [-0.3, -0.25) is 4.68 Å². The van der Waals surface area contributed by atoms with E-state index in [2.05, 4.69) is 5.10 Å². The molecule has 1 aromatic heterocycles. The minimum Gasteiger partial charge on any atom is -0.390 e. The van der Waals surface area contributed by atoms with Gasteiger partial charge in [0.05, 0.1) is 29.5 Å². The van der Waals surface area contributed by atoms with Gasteiger partial charge in [-0.05, 0) is 12.5 Å². The van der Waals surface area contributed by atoms with Crippen molar-refractivity contribution in [3.05, 3.63) is 17.5 Å². The van der Waals surface area contributed by atoms with E-state index in [4.69, 9.17) is 5.11 Å². The molecule has 0 aromatic carbocycles. The van der Waals surface area contributed by atoms with Crippen molar-refractivity contribution in [2.24, 2.45) is 7.05 Å². The fraction of sp³-hybridized carbons (Fsp3) is 0.667. The first kappa shape index (κ1) is 10.6. The summed E-state index contributed by atoms with van der Waals surface area (Å²) in [7, 11) is -1.12. The van der Waals surface area contributed by atoms with Crippen molar-refractivity contribution in [2.45, 2.75) is 18.9 Å². The summed E-state index contributed by atoms with van der Waals surface area (Å²) in [5.41, 5.74) is 1.50. The first-order valence-corrected chi connectivity index (χ1v) is 6.68. The van der Waals surface area contributed by atoms with Crippen molar-refractivity contribution < 1.29 is 13.5 Å². The quantitative estimate of drug-likeness (QED) is 0.764. The second-order valence-corrected chi connectivity index (χ2v) is 6.17. The van der Waals surface area contributed by atoms with Gasteiger partial charge in [0, 0.05) is 13.0 Å². The molecular formula is C9H14N2O3S. The molecular weight excluding hydrogens is 216 g/mol. The third-order valence-corrected chi connectivity index (χ3v) is 4.58. The highest BCUT2D eigenvalue weighted by Gasteiger charge is 2.30. The summed E-state index contributed by atoms with van der Waals surface area (Å²) in [5.74, 6) is 0.443. The fourth-order valence-corrected chi connectivity index (χ4v) is 3.67. The topological polar surface area (TPSA) is 72.2 Å². The zero-order valence-corrected chi connectivity index (χ0v) is 9.37. The summed E-state index contributed by atoms with van der Waals surface area (Å²) in [5, 5.41) is 13.2. The van der Waals surface area contributed by atoms with Crippen molar-refractivity contribution in [2.75, 3.05) is 11.5 Å². The van der Waals surface area contributed by atoms with Crippen LogP contribution in [0.4, 0.5) is 0 Å². The Labute approximate surface area is 88.6 Å². The molecule has 5 nitrogen and oxygen atoms in total. The molecule has 1 aliphatic rings. The van der Waals surface area contributed by atoms with Gasteiger partial charge >= 0.3 is 0 Å². The first-order chi connectivity index (χ1) is 7.02. The third kappa shape index (κ3) is 2.05. The molecule has 0 aliphatic carbocycles. The maximum atomic E-state index is 11.3. The van der Waals surface area contributed by atoms with Crippen LogP contribution in [0.15, 0.2) is 6.07 Å². The smallest absolute Gasteiger partial charge is 0.151 e. The Morgan fingerprint density at radius 3 is 2.87 bits per heavy atom. The summed E-state index contributed by atoms with van der Waals surface area (Å²) in [6, 6.07) is 1.78. The molecule has 1 aliphatic heterocycles. The van der Waals surface area contributed by atoms with Crippen molar-refractivity contribution in [1.29, 1.82) is 0 Å². The number of aliphatic hydroxyl groups is 1. The van der Waals surface area contributed by atoms with E-state index in [-0.39, 0.29) is 24.0 Å². The molecule has 1 fully saturated rings. The van der Waals surface area contributed by atoms with Crippen LogP contribution in [0.2, 0.25) is 0 Å². The van der Waals surface area contributed by atoms with Crippen molar-refractivity contribution >= 4 is 9.84 Å². The maximum absolute atomic E-state index is 11.3. The monoisotopic (exact) mass is 230 g/mol. The normalized spacial score (nSPS) is 24.5. The lowest BCUT2D eigenvalue weighted by Gasteiger charge is -2.01. The molecule has 6 heteroatoms. The second-order valence-electron chi connectivity index (χ2n) is 3.94. The van der Waals surface area contributed by atoms with Crippen LogP contribution >= 0.6 is 0 Å². The Hall–Kier alpha value is -0.880. The van der Waals surface area contributed by atoms with Gasteiger partial charge in [0.2, 0.25) is 0 Å². The van der Waals surface area contributed by atoms with Crippen LogP contribution in [-0.2, 0) is 23.5 Å². The molecule has 0 amide bonds. The summed E-state index contributed by atoms with van der Waals surface area (Å²) in [6.45, 7) is -0.0665. The molecule has 0 radical (unpaired) electrons. The van der Waals surface area contributed by atoms with Crippen molar-refractivity contribution in [1.82, 2.24) is 9.78 Å². The molecule has 15 heavy (non-hydrogen) atoms. The van der Waals surface area contributed by atoms with Gasteiger partial charge in [-0.15, -0.1) is 0 Å². The van der Waals surface area contributed by atoms with Gasteiger partial charge < -0.3 is 5.11 Å². The summed E-state index contributed by atoms with van der Waals surface area (Å²) >= 11 is 0. The molecule has 0 bridgehead atoms. The molecule has 0 saturated carbocycles. The zero-order valence-electron chi connectivity index (χ0n) is 8.55. The Bertz CT molecular complexity index is 464. The van der Waals surface area contributed by atoms with E-state index in [0.29, 0.717) is 12.1 Å². The summed E-state index contributed by atoms with van der Waals surface area (Å²) in [4.78, 5) is 0. The standard InChI is InChI=1S/C9H14N2O3S/c1-11-8(5-12)4-9(10-11)7-2-3-15(13,14)6-7/h4,7,12H,2-3,5-6H2,1H3. The number of hydrogen-bond acceptors (Lipinski definition) is 4. The van der Waals surface area contributed by atoms with Gasteiger partial charge in [-0.1, -0.05) is 0 Å². The van der Waals surface area contributed by atoms with Gasteiger partial charge in [-0.25, -0.2) is 8.42 Å². The number of sulfone groups is 1. The molecule has 1 unspecified atom stereocenters. The number of nitrogens with zero attached hydrogens (tertiary/aromatic N) is 2. The Morgan fingerprint density at radius 2 is 2.40 bits per heavy atom. The van der Waals surface area contributed by atoms with Gasteiger partial charge in [0.25, 0.3) is 0 Å². The van der Waals surface area contributed by atoms with Crippen LogP contribution in [-0.4, -0.2) is 34.8 Å². The van der Waals surface area contributed by atoms with Gasteiger partial charge in [0.1, 0.15) is 0 Å². The van der Waals surface area contributed by atoms with E-state index in [1.54, 1.807) is 17.8 Å². The lowest BCUT2D eigenvalue weighted by molar-refractivity contribution is 0.270. The van der Waals surface area contributed by atoms with E-state index < -0.39 is 9.84 Å². The summed E-state index contributed by atoms with van der Waals surface area (Å²) < 4.78 is 24.2. The maximum Gasteiger partial charge on any atom is 0.151 e. The van der Waals surface area contributed by atoms with E-state index in [0.717, 1.165) is 5.69 Å². The van der Waals surface area contributed by atoms with Crippen LogP contribution in [0.25, 0.3) is 0 Å². The number of hydrogen-bond donors (Lipinski definition) is 1.